The molecule has 0 aliphatic rings. The van der Waals surface area contributed by atoms with Crippen LogP contribution in [0.5, 0.6) is 5.75 Å². The molecule has 0 aliphatic heterocycles. The normalized spacial score (nSPS) is 10.7. The van der Waals surface area contributed by atoms with E-state index in [-0.39, 0.29) is 17.0 Å². The Hall–Kier alpha value is -3.93. The fourth-order valence-electron chi connectivity index (χ4n) is 3.36. The number of rotatable bonds is 8. The van der Waals surface area contributed by atoms with Gasteiger partial charge in [0.1, 0.15) is 16.8 Å². The summed E-state index contributed by atoms with van der Waals surface area (Å²) in [5.74, 6) is 0.343. The summed E-state index contributed by atoms with van der Waals surface area (Å²) in [6.45, 7) is 1.26. The zero-order valence-corrected chi connectivity index (χ0v) is 17.0. The Bertz CT molecular complexity index is 1230. The van der Waals surface area contributed by atoms with Gasteiger partial charge >= 0.3 is 0 Å². The monoisotopic (exact) mass is 413 g/mol. The first kappa shape index (κ1) is 20.3. The van der Waals surface area contributed by atoms with Gasteiger partial charge in [0.15, 0.2) is 0 Å². The molecule has 0 radical (unpaired) electrons. The quantitative estimate of drug-likeness (QED) is 0.448. The molecular weight excluding hydrogens is 390 g/mol. The van der Waals surface area contributed by atoms with Crippen LogP contribution in [0.15, 0.2) is 90.0 Å². The van der Waals surface area contributed by atoms with Crippen LogP contribution < -0.4 is 15.6 Å². The second-order valence-electron chi connectivity index (χ2n) is 7.13. The van der Waals surface area contributed by atoms with Crippen molar-refractivity contribution >= 4 is 16.8 Å². The Morgan fingerprint density at radius 2 is 1.81 bits per heavy atom. The molecule has 4 rings (SSSR count). The van der Waals surface area contributed by atoms with E-state index in [0.717, 1.165) is 22.2 Å². The average molecular weight is 413 g/mol. The van der Waals surface area contributed by atoms with Gasteiger partial charge in [0.2, 0.25) is 0 Å². The third-order valence-corrected chi connectivity index (χ3v) is 4.92. The number of fused-ring (bicyclic) bond motifs is 1. The van der Waals surface area contributed by atoms with Gasteiger partial charge in [0.05, 0.1) is 13.2 Å². The third-order valence-electron chi connectivity index (χ3n) is 4.92. The van der Waals surface area contributed by atoms with Crippen molar-refractivity contribution in [3.05, 3.63) is 107 Å². The van der Waals surface area contributed by atoms with Crippen molar-refractivity contribution in [2.24, 2.45) is 0 Å². The van der Waals surface area contributed by atoms with E-state index in [1.165, 1.54) is 0 Å². The molecule has 2 aromatic carbocycles. The number of carbonyl (C=O) groups is 1. The molecule has 2 heterocycles. The molecule has 31 heavy (non-hydrogen) atoms. The van der Waals surface area contributed by atoms with Crippen LogP contribution >= 0.6 is 0 Å². The average Bonchev–Trinajstić information content (AvgIpc) is 2.81. The third kappa shape index (κ3) is 4.98. The predicted octanol–water partition coefficient (Wildman–Crippen LogP) is 3.64. The number of hydrogen-bond donors (Lipinski definition) is 1. The molecule has 1 amide bonds. The molecule has 2 aromatic heterocycles. The van der Waals surface area contributed by atoms with Gasteiger partial charge < -0.3 is 14.6 Å². The number of pyridine rings is 2. The van der Waals surface area contributed by atoms with E-state index in [1.807, 2.05) is 60.7 Å². The number of para-hydroxylation sites is 1. The summed E-state index contributed by atoms with van der Waals surface area (Å²) in [7, 11) is 0. The number of benzene rings is 2. The van der Waals surface area contributed by atoms with E-state index in [9.17, 15) is 9.59 Å². The molecule has 0 aliphatic carbocycles. The maximum Gasteiger partial charge on any atom is 0.263 e. The fourth-order valence-corrected chi connectivity index (χ4v) is 3.36. The molecule has 0 saturated carbocycles. The smallest absolute Gasteiger partial charge is 0.263 e. The summed E-state index contributed by atoms with van der Waals surface area (Å²) >= 11 is 0. The number of nitrogens with one attached hydrogen (secondary N) is 1. The highest BCUT2D eigenvalue weighted by Crippen LogP contribution is 2.22. The maximum absolute atomic E-state index is 12.7. The highest BCUT2D eigenvalue weighted by Gasteiger charge is 2.12. The molecule has 0 spiro atoms. The second-order valence-corrected chi connectivity index (χ2v) is 7.13. The minimum Gasteiger partial charge on any atom is -0.491 e. The van der Waals surface area contributed by atoms with Gasteiger partial charge in [0.25, 0.3) is 11.5 Å². The molecule has 0 saturated heterocycles. The van der Waals surface area contributed by atoms with Gasteiger partial charge in [-0.3, -0.25) is 14.6 Å². The molecule has 4 aromatic rings. The molecule has 0 unspecified atom stereocenters. The van der Waals surface area contributed by atoms with Crippen molar-refractivity contribution in [3.8, 4) is 5.75 Å². The first-order valence-corrected chi connectivity index (χ1v) is 10.2. The zero-order chi connectivity index (χ0) is 21.5. The molecule has 0 fully saturated rings. The van der Waals surface area contributed by atoms with Gasteiger partial charge in [-0.2, -0.15) is 0 Å². The first-order chi connectivity index (χ1) is 15.2. The Balaban J connectivity index is 1.31. The SMILES string of the molecule is O=C(NCCCOc1cccc2cccnc12)c1cccn(Cc2ccccc2)c1=O. The van der Waals surface area contributed by atoms with E-state index in [0.29, 0.717) is 26.1 Å². The molecule has 0 bridgehead atoms. The number of aromatic nitrogens is 2. The summed E-state index contributed by atoms with van der Waals surface area (Å²) in [5.41, 5.74) is 1.65. The number of amides is 1. The van der Waals surface area contributed by atoms with E-state index in [4.69, 9.17) is 4.74 Å². The Morgan fingerprint density at radius 1 is 0.968 bits per heavy atom. The number of hydrogen-bond acceptors (Lipinski definition) is 4. The lowest BCUT2D eigenvalue weighted by Crippen LogP contribution is -2.33. The first-order valence-electron chi connectivity index (χ1n) is 10.2. The lowest BCUT2D eigenvalue weighted by atomic mass is 10.2. The standard InChI is InChI=1S/C25H23N3O3/c29-24(21-12-6-16-28(25(21)30)18-19-8-2-1-3-9-19)27-15-7-17-31-22-13-4-10-20-11-5-14-26-23(20)22/h1-6,8-14,16H,7,15,17-18H2,(H,27,29). The summed E-state index contributed by atoms with van der Waals surface area (Å²) < 4.78 is 7.38. The van der Waals surface area contributed by atoms with Crippen LogP contribution in [0.1, 0.15) is 22.3 Å². The van der Waals surface area contributed by atoms with Crippen LogP contribution in [0.3, 0.4) is 0 Å². The molecular formula is C25H23N3O3. The lowest BCUT2D eigenvalue weighted by molar-refractivity contribution is 0.0949. The van der Waals surface area contributed by atoms with Crippen molar-refractivity contribution in [2.75, 3.05) is 13.2 Å². The second kappa shape index (κ2) is 9.71. The van der Waals surface area contributed by atoms with E-state index in [1.54, 1.807) is 29.1 Å². The van der Waals surface area contributed by atoms with Crippen molar-refractivity contribution in [3.63, 3.8) is 0 Å². The summed E-state index contributed by atoms with van der Waals surface area (Å²) in [4.78, 5) is 29.6. The summed E-state index contributed by atoms with van der Waals surface area (Å²) in [6, 6.07) is 22.6. The van der Waals surface area contributed by atoms with Crippen molar-refractivity contribution in [2.45, 2.75) is 13.0 Å². The van der Waals surface area contributed by atoms with Crippen LogP contribution in [-0.4, -0.2) is 28.6 Å². The molecule has 6 nitrogen and oxygen atoms in total. The summed E-state index contributed by atoms with van der Waals surface area (Å²) in [6.07, 6.45) is 4.04. The Kier molecular flexibility index (Phi) is 6.38. The van der Waals surface area contributed by atoms with Gasteiger partial charge in [-0.15, -0.1) is 0 Å². The number of carbonyl (C=O) groups excluding carboxylic acids is 1. The minimum absolute atomic E-state index is 0.137. The van der Waals surface area contributed by atoms with Crippen molar-refractivity contribution in [1.29, 1.82) is 0 Å². The van der Waals surface area contributed by atoms with Crippen LogP contribution in [0.4, 0.5) is 0 Å². The van der Waals surface area contributed by atoms with Gasteiger partial charge in [-0.25, -0.2) is 0 Å². The van der Waals surface area contributed by atoms with E-state index < -0.39 is 0 Å². The lowest BCUT2D eigenvalue weighted by Gasteiger charge is -2.10. The molecule has 156 valence electrons. The van der Waals surface area contributed by atoms with Gasteiger partial charge in [-0.1, -0.05) is 48.5 Å². The number of nitrogens with zero attached hydrogens (tertiary/aromatic N) is 2. The van der Waals surface area contributed by atoms with Gasteiger partial charge in [0, 0.05) is 24.3 Å². The Morgan fingerprint density at radius 3 is 2.68 bits per heavy atom. The molecule has 0 atom stereocenters. The van der Waals surface area contributed by atoms with E-state index in [2.05, 4.69) is 10.3 Å². The van der Waals surface area contributed by atoms with Crippen LogP contribution in [0.25, 0.3) is 10.9 Å². The maximum atomic E-state index is 12.7. The van der Waals surface area contributed by atoms with Crippen LogP contribution in [0, 0.1) is 0 Å². The zero-order valence-electron chi connectivity index (χ0n) is 17.0. The van der Waals surface area contributed by atoms with Crippen LogP contribution in [-0.2, 0) is 6.54 Å². The van der Waals surface area contributed by atoms with Crippen molar-refractivity contribution in [1.82, 2.24) is 14.9 Å². The van der Waals surface area contributed by atoms with Crippen molar-refractivity contribution < 1.29 is 9.53 Å². The highest BCUT2D eigenvalue weighted by molar-refractivity contribution is 5.93. The van der Waals surface area contributed by atoms with Gasteiger partial charge in [-0.05, 0) is 36.2 Å². The molecule has 1 N–H and O–H groups in total. The Labute approximate surface area is 180 Å². The fraction of sp³-hybridized carbons (Fsp3) is 0.160. The highest BCUT2D eigenvalue weighted by atomic mass is 16.5. The minimum atomic E-state index is -0.376. The van der Waals surface area contributed by atoms with Crippen LogP contribution in [0.2, 0.25) is 0 Å². The largest absolute Gasteiger partial charge is 0.491 e. The summed E-state index contributed by atoms with van der Waals surface area (Å²) in [5, 5.41) is 3.82. The topological polar surface area (TPSA) is 73.2 Å². The molecule has 6 heteroatoms. The number of ether oxygens (including phenoxy) is 1. The van der Waals surface area contributed by atoms with E-state index >= 15 is 0 Å². The predicted molar refractivity (Wildman–Crippen MR) is 120 cm³/mol.